The number of rotatable bonds is 3. The van der Waals surface area contributed by atoms with Crippen LogP contribution < -0.4 is 16.6 Å². The molecule has 98 valence electrons. The highest BCUT2D eigenvalue weighted by Gasteiger charge is 2.06. The van der Waals surface area contributed by atoms with Gasteiger partial charge in [0.05, 0.1) is 6.42 Å². The van der Waals surface area contributed by atoms with Crippen LogP contribution in [0.5, 0.6) is 0 Å². The molecule has 0 spiro atoms. The molecule has 0 radical (unpaired) electrons. The fourth-order valence-electron chi connectivity index (χ4n) is 1.62. The molecule has 0 saturated carbocycles. The topological polar surface area (TPSA) is 108 Å². The number of nitrogens with zero attached hydrogens (tertiary/aromatic N) is 1. The lowest BCUT2D eigenvalue weighted by Gasteiger charge is -2.05. The summed E-state index contributed by atoms with van der Waals surface area (Å²) in [6.45, 7) is 1.81. The molecule has 2 aromatic heterocycles. The van der Waals surface area contributed by atoms with Gasteiger partial charge >= 0.3 is 5.69 Å². The highest BCUT2D eigenvalue weighted by atomic mass is 16.2. The number of H-pyrrole nitrogens is 2. The lowest BCUT2D eigenvalue weighted by Crippen LogP contribution is -2.25. The molecule has 2 heterocycles. The van der Waals surface area contributed by atoms with Gasteiger partial charge in [-0.15, -0.1) is 0 Å². The number of anilines is 1. The minimum atomic E-state index is -0.630. The second kappa shape index (κ2) is 5.30. The van der Waals surface area contributed by atoms with Crippen LogP contribution in [0.2, 0.25) is 0 Å². The number of nitrogens with one attached hydrogen (secondary N) is 3. The molecule has 2 aromatic rings. The number of aromatic nitrogens is 3. The Morgan fingerprint density at radius 1 is 1.32 bits per heavy atom. The van der Waals surface area contributed by atoms with Gasteiger partial charge in [-0.25, -0.2) is 4.79 Å². The van der Waals surface area contributed by atoms with Crippen molar-refractivity contribution in [3.8, 4) is 0 Å². The van der Waals surface area contributed by atoms with E-state index >= 15 is 0 Å². The van der Waals surface area contributed by atoms with E-state index in [1.807, 2.05) is 11.9 Å². The van der Waals surface area contributed by atoms with E-state index in [2.05, 4.69) is 15.3 Å². The first-order valence-corrected chi connectivity index (χ1v) is 5.58. The van der Waals surface area contributed by atoms with E-state index in [1.54, 1.807) is 18.3 Å². The zero-order valence-electron chi connectivity index (χ0n) is 10.2. The second-order valence-electron chi connectivity index (χ2n) is 4.02. The minimum absolute atomic E-state index is 0.0828. The Labute approximate surface area is 107 Å². The zero-order valence-corrected chi connectivity index (χ0v) is 10.2. The summed E-state index contributed by atoms with van der Waals surface area (Å²) in [5.74, 6) is -0.327. The van der Waals surface area contributed by atoms with E-state index in [1.165, 1.54) is 6.07 Å². The van der Waals surface area contributed by atoms with Gasteiger partial charge in [0.25, 0.3) is 5.56 Å². The van der Waals surface area contributed by atoms with Crippen molar-refractivity contribution in [3.05, 3.63) is 56.6 Å². The monoisotopic (exact) mass is 260 g/mol. The number of hydrogen-bond donors (Lipinski definition) is 3. The molecule has 0 saturated heterocycles. The van der Waals surface area contributed by atoms with E-state index in [-0.39, 0.29) is 18.0 Å². The number of amides is 1. The molecular formula is C12H12N4O3. The Balaban J connectivity index is 2.09. The Morgan fingerprint density at radius 2 is 2.11 bits per heavy atom. The first kappa shape index (κ1) is 12.7. The maximum atomic E-state index is 11.7. The van der Waals surface area contributed by atoms with Gasteiger partial charge in [-0.2, -0.15) is 0 Å². The lowest BCUT2D eigenvalue weighted by molar-refractivity contribution is -0.115. The molecule has 0 bridgehead atoms. The van der Waals surface area contributed by atoms with E-state index in [9.17, 15) is 14.4 Å². The third-order valence-electron chi connectivity index (χ3n) is 2.35. The van der Waals surface area contributed by atoms with Crippen molar-refractivity contribution in [1.29, 1.82) is 0 Å². The first-order chi connectivity index (χ1) is 9.02. The Hall–Kier alpha value is -2.70. The minimum Gasteiger partial charge on any atom is -0.326 e. The predicted molar refractivity (Wildman–Crippen MR) is 69.0 cm³/mol. The molecule has 0 fully saturated rings. The fraction of sp³-hybridized carbons (Fsp3) is 0.167. The maximum Gasteiger partial charge on any atom is 0.325 e. The zero-order chi connectivity index (χ0) is 13.8. The van der Waals surface area contributed by atoms with Gasteiger partial charge in [0, 0.05) is 29.3 Å². The van der Waals surface area contributed by atoms with Gasteiger partial charge in [-0.05, 0) is 19.1 Å². The molecule has 0 aromatic carbocycles. The number of aromatic amines is 2. The first-order valence-electron chi connectivity index (χ1n) is 5.58. The summed E-state index contributed by atoms with van der Waals surface area (Å²) in [5.41, 5.74) is 0.491. The van der Waals surface area contributed by atoms with Crippen LogP contribution in [0.4, 0.5) is 5.69 Å². The highest BCUT2D eigenvalue weighted by molar-refractivity contribution is 5.91. The summed E-state index contributed by atoms with van der Waals surface area (Å²) in [6.07, 6.45) is 1.50. The molecule has 0 atom stereocenters. The van der Waals surface area contributed by atoms with Gasteiger partial charge in [-0.3, -0.25) is 19.6 Å². The molecule has 0 aliphatic carbocycles. The summed E-state index contributed by atoms with van der Waals surface area (Å²) in [6, 6.07) is 4.56. The molecule has 7 nitrogen and oxygen atoms in total. The van der Waals surface area contributed by atoms with Crippen molar-refractivity contribution in [1.82, 2.24) is 15.0 Å². The summed E-state index contributed by atoms with van der Waals surface area (Å²) < 4.78 is 0. The van der Waals surface area contributed by atoms with Gasteiger partial charge < -0.3 is 10.3 Å². The quantitative estimate of drug-likeness (QED) is 0.718. The number of aryl methyl sites for hydroxylation is 1. The molecule has 0 aliphatic heterocycles. The van der Waals surface area contributed by atoms with Gasteiger partial charge in [0.1, 0.15) is 0 Å². The van der Waals surface area contributed by atoms with Crippen LogP contribution in [-0.2, 0) is 11.2 Å². The van der Waals surface area contributed by atoms with Gasteiger partial charge in [-0.1, -0.05) is 0 Å². The predicted octanol–water partition coefficient (Wildman–Crippen LogP) is -0.0522. The molecule has 0 unspecified atom stereocenters. The van der Waals surface area contributed by atoms with Crippen molar-refractivity contribution in [2.24, 2.45) is 0 Å². The van der Waals surface area contributed by atoms with E-state index < -0.39 is 11.2 Å². The van der Waals surface area contributed by atoms with Crippen LogP contribution in [-0.4, -0.2) is 20.9 Å². The Morgan fingerprint density at radius 3 is 2.79 bits per heavy atom. The number of hydrogen-bond acceptors (Lipinski definition) is 4. The number of carbonyl (C=O) groups is 1. The molecule has 19 heavy (non-hydrogen) atoms. The summed E-state index contributed by atoms with van der Waals surface area (Å²) in [5, 5.41) is 2.66. The molecular weight excluding hydrogens is 248 g/mol. The lowest BCUT2D eigenvalue weighted by atomic mass is 10.2. The standard InChI is InChI=1S/C12H12N4O3/c1-7-4-8(2-3-13-7)14-10(17)5-9-6-11(18)16-12(19)15-9/h2-4,6H,5H2,1H3,(H,13,14,17)(H2,15,16,18,19). The molecule has 2 rings (SSSR count). The molecule has 7 heteroatoms. The van der Waals surface area contributed by atoms with E-state index in [0.29, 0.717) is 5.69 Å². The Bertz CT molecular complexity index is 689. The summed E-state index contributed by atoms with van der Waals surface area (Å²) in [4.78, 5) is 42.3. The summed E-state index contributed by atoms with van der Waals surface area (Å²) in [7, 11) is 0. The number of pyridine rings is 1. The van der Waals surface area contributed by atoms with E-state index in [4.69, 9.17) is 0 Å². The second-order valence-corrected chi connectivity index (χ2v) is 4.02. The average Bonchev–Trinajstić information content (AvgIpc) is 2.26. The average molecular weight is 260 g/mol. The van der Waals surface area contributed by atoms with Crippen LogP contribution in [0.25, 0.3) is 0 Å². The van der Waals surface area contributed by atoms with Crippen LogP contribution in [0.15, 0.2) is 34.0 Å². The van der Waals surface area contributed by atoms with Gasteiger partial charge in [0.2, 0.25) is 5.91 Å². The molecule has 0 aliphatic rings. The highest BCUT2D eigenvalue weighted by Crippen LogP contribution is 2.07. The Kier molecular flexibility index (Phi) is 3.56. The van der Waals surface area contributed by atoms with Crippen LogP contribution in [0, 0.1) is 6.92 Å². The van der Waals surface area contributed by atoms with Crippen molar-refractivity contribution in [2.45, 2.75) is 13.3 Å². The normalized spacial score (nSPS) is 10.2. The van der Waals surface area contributed by atoms with Crippen LogP contribution in [0.1, 0.15) is 11.4 Å². The largest absolute Gasteiger partial charge is 0.326 e. The SMILES string of the molecule is Cc1cc(NC(=O)Cc2cc(=O)[nH]c(=O)[nH]2)ccn1. The van der Waals surface area contributed by atoms with Crippen molar-refractivity contribution < 1.29 is 4.79 Å². The van der Waals surface area contributed by atoms with Crippen molar-refractivity contribution in [3.63, 3.8) is 0 Å². The van der Waals surface area contributed by atoms with Gasteiger partial charge in [0.15, 0.2) is 0 Å². The van der Waals surface area contributed by atoms with Crippen LogP contribution in [0.3, 0.4) is 0 Å². The fourth-order valence-corrected chi connectivity index (χ4v) is 1.62. The van der Waals surface area contributed by atoms with Crippen LogP contribution >= 0.6 is 0 Å². The number of carbonyl (C=O) groups excluding carboxylic acids is 1. The van der Waals surface area contributed by atoms with Crippen molar-refractivity contribution >= 4 is 11.6 Å². The molecule has 3 N–H and O–H groups in total. The third-order valence-corrected chi connectivity index (χ3v) is 2.35. The molecule has 1 amide bonds. The smallest absolute Gasteiger partial charge is 0.325 e. The summed E-state index contributed by atoms with van der Waals surface area (Å²) >= 11 is 0. The van der Waals surface area contributed by atoms with E-state index in [0.717, 1.165) is 5.69 Å². The third kappa shape index (κ3) is 3.63. The maximum absolute atomic E-state index is 11.7. The van der Waals surface area contributed by atoms with Crippen molar-refractivity contribution in [2.75, 3.05) is 5.32 Å².